The molecule has 3 fully saturated rings. The third-order valence-corrected chi connectivity index (χ3v) is 7.14. The molecular weight excluding hydrogens is 286 g/mol. The minimum Gasteiger partial charge on any atom is -0.385 e. The molecule has 3 heteroatoms. The molecule has 2 heterocycles. The molecule has 6 atom stereocenters. The number of aliphatic hydroxyl groups is 1. The van der Waals surface area contributed by atoms with E-state index in [1.54, 1.807) is 0 Å². The summed E-state index contributed by atoms with van der Waals surface area (Å²) in [6, 6.07) is 0. The number of ether oxygens (including phenoxy) is 1. The second-order valence-electron chi connectivity index (χ2n) is 9.30. The first kappa shape index (κ1) is 17.4. The molecule has 2 aliphatic heterocycles. The first-order valence-electron chi connectivity index (χ1n) is 9.40. The lowest BCUT2D eigenvalue weighted by Gasteiger charge is -2.57. The fourth-order valence-electron chi connectivity index (χ4n) is 5.48. The number of nitrogens with zero attached hydrogens (tertiary/aromatic N) is 1. The minimum absolute atomic E-state index is 0.0702. The summed E-state index contributed by atoms with van der Waals surface area (Å²) in [7, 11) is 0. The van der Waals surface area contributed by atoms with E-state index in [9.17, 15) is 5.11 Å². The Morgan fingerprint density at radius 3 is 2.52 bits per heavy atom. The number of rotatable bonds is 2. The van der Waals surface area contributed by atoms with Crippen LogP contribution in [-0.4, -0.2) is 40.0 Å². The van der Waals surface area contributed by atoms with Crippen molar-refractivity contribution in [2.45, 2.75) is 84.3 Å². The van der Waals surface area contributed by atoms with Gasteiger partial charge in [-0.1, -0.05) is 39.3 Å². The summed E-state index contributed by atoms with van der Waals surface area (Å²) in [5.41, 5.74) is 0.307. The van der Waals surface area contributed by atoms with Gasteiger partial charge in [0.1, 0.15) is 11.8 Å². The van der Waals surface area contributed by atoms with Gasteiger partial charge in [0.2, 0.25) is 0 Å². The van der Waals surface area contributed by atoms with Gasteiger partial charge in [-0.3, -0.25) is 4.90 Å². The van der Waals surface area contributed by atoms with Crippen LogP contribution in [0.15, 0.2) is 12.2 Å². The molecule has 0 amide bonds. The molecular formula is C20H35NO2. The molecule has 0 aromatic heterocycles. The largest absolute Gasteiger partial charge is 0.385 e. The monoisotopic (exact) mass is 321 g/mol. The van der Waals surface area contributed by atoms with Gasteiger partial charge < -0.3 is 9.84 Å². The Bertz CT molecular complexity index is 486. The van der Waals surface area contributed by atoms with Gasteiger partial charge in [0.05, 0.1) is 6.10 Å². The molecule has 3 aliphatic rings. The molecule has 1 saturated carbocycles. The van der Waals surface area contributed by atoms with Crippen molar-refractivity contribution in [3.05, 3.63) is 12.2 Å². The Labute approximate surface area is 142 Å². The van der Waals surface area contributed by atoms with Crippen LogP contribution in [0.5, 0.6) is 0 Å². The summed E-state index contributed by atoms with van der Waals surface area (Å²) in [5.74, 6) is 1.52. The van der Waals surface area contributed by atoms with Crippen LogP contribution in [0.1, 0.15) is 60.8 Å². The summed E-state index contributed by atoms with van der Waals surface area (Å²) in [4.78, 5) is 2.45. The smallest absolute Gasteiger partial charge is 0.141 e. The van der Waals surface area contributed by atoms with Crippen molar-refractivity contribution in [1.29, 1.82) is 0 Å². The second kappa shape index (κ2) is 5.57. The van der Waals surface area contributed by atoms with E-state index >= 15 is 0 Å². The lowest BCUT2D eigenvalue weighted by molar-refractivity contribution is -0.268. The van der Waals surface area contributed by atoms with Gasteiger partial charge in [0.25, 0.3) is 0 Å². The summed E-state index contributed by atoms with van der Waals surface area (Å²) < 4.78 is 6.61. The molecule has 0 radical (unpaired) electrons. The fraction of sp³-hybridized carbons (Fsp3) is 0.900. The lowest BCUT2D eigenvalue weighted by atomic mass is 9.69. The zero-order chi connectivity index (χ0) is 17.2. The van der Waals surface area contributed by atoms with Gasteiger partial charge in [0.15, 0.2) is 0 Å². The highest BCUT2D eigenvalue weighted by Gasteiger charge is 2.64. The summed E-state index contributed by atoms with van der Waals surface area (Å²) in [6.07, 6.45) is 3.74. The molecule has 132 valence electrons. The maximum atomic E-state index is 11.7. The highest BCUT2D eigenvalue weighted by molar-refractivity contribution is 5.19. The maximum absolute atomic E-state index is 11.7. The SMILES string of the molecule is C=C(C)[C@@H]1CN2[C@@H](OC3C[C@H](C)CCC3C2(C)C)[C@@]1(O)C(C)C. The van der Waals surface area contributed by atoms with E-state index in [0.29, 0.717) is 5.92 Å². The van der Waals surface area contributed by atoms with Crippen molar-refractivity contribution in [2.24, 2.45) is 23.7 Å². The van der Waals surface area contributed by atoms with Crippen molar-refractivity contribution in [1.82, 2.24) is 4.90 Å². The predicted molar refractivity (Wildman–Crippen MR) is 94.0 cm³/mol. The third-order valence-electron chi connectivity index (χ3n) is 7.14. The van der Waals surface area contributed by atoms with Crippen LogP contribution >= 0.6 is 0 Å². The van der Waals surface area contributed by atoms with E-state index in [-0.39, 0.29) is 29.7 Å². The zero-order valence-electron chi connectivity index (χ0n) is 15.8. The van der Waals surface area contributed by atoms with Crippen LogP contribution in [0.2, 0.25) is 0 Å². The molecule has 0 aromatic carbocycles. The van der Waals surface area contributed by atoms with E-state index in [1.807, 2.05) is 0 Å². The van der Waals surface area contributed by atoms with Crippen LogP contribution in [0, 0.1) is 23.7 Å². The minimum atomic E-state index is -0.839. The fourth-order valence-corrected chi connectivity index (χ4v) is 5.48. The zero-order valence-corrected chi connectivity index (χ0v) is 15.8. The van der Waals surface area contributed by atoms with Gasteiger partial charge in [-0.25, -0.2) is 0 Å². The Kier molecular flexibility index (Phi) is 4.23. The first-order valence-corrected chi connectivity index (χ1v) is 9.40. The molecule has 2 saturated heterocycles. The van der Waals surface area contributed by atoms with Gasteiger partial charge in [-0.05, 0) is 45.4 Å². The standard InChI is InChI=1S/C20H35NO2/c1-12(2)16-11-21-18(20(16,22)13(3)4)23-17-10-14(5)8-9-15(17)19(21,6)7/h13-18,22H,1,8-11H2,2-7H3/t14-,15?,16+,17?,18+,20-/m1/s1. The predicted octanol–water partition coefficient (Wildman–Crippen LogP) is 3.82. The Balaban J connectivity index is 2.00. The van der Waals surface area contributed by atoms with E-state index in [1.165, 1.54) is 12.8 Å². The Morgan fingerprint density at radius 2 is 1.96 bits per heavy atom. The van der Waals surface area contributed by atoms with Crippen LogP contribution in [-0.2, 0) is 4.74 Å². The number of hydrogen-bond acceptors (Lipinski definition) is 3. The Morgan fingerprint density at radius 1 is 1.30 bits per heavy atom. The molecule has 1 N–H and O–H groups in total. The average molecular weight is 322 g/mol. The average Bonchev–Trinajstić information content (AvgIpc) is 2.74. The maximum Gasteiger partial charge on any atom is 0.141 e. The van der Waals surface area contributed by atoms with E-state index in [0.717, 1.165) is 24.5 Å². The van der Waals surface area contributed by atoms with Crippen molar-refractivity contribution in [2.75, 3.05) is 6.54 Å². The molecule has 2 unspecified atom stereocenters. The van der Waals surface area contributed by atoms with Crippen LogP contribution < -0.4 is 0 Å². The molecule has 3 nitrogen and oxygen atoms in total. The second-order valence-corrected chi connectivity index (χ2v) is 9.30. The molecule has 0 aromatic rings. The highest BCUT2D eigenvalue weighted by atomic mass is 16.5. The summed E-state index contributed by atoms with van der Waals surface area (Å²) in [6.45, 7) is 18.4. The molecule has 1 aliphatic carbocycles. The van der Waals surface area contributed by atoms with Crippen molar-refractivity contribution < 1.29 is 9.84 Å². The summed E-state index contributed by atoms with van der Waals surface area (Å²) in [5, 5.41) is 11.7. The molecule has 23 heavy (non-hydrogen) atoms. The number of fused-ring (bicyclic) bond motifs is 2. The van der Waals surface area contributed by atoms with Crippen LogP contribution in [0.25, 0.3) is 0 Å². The quantitative estimate of drug-likeness (QED) is 0.785. The topological polar surface area (TPSA) is 32.7 Å². The normalized spacial score (nSPS) is 46.5. The van der Waals surface area contributed by atoms with Gasteiger partial charge in [-0.2, -0.15) is 0 Å². The van der Waals surface area contributed by atoms with Crippen LogP contribution in [0.4, 0.5) is 0 Å². The molecule has 0 bridgehead atoms. The van der Waals surface area contributed by atoms with Crippen LogP contribution in [0.3, 0.4) is 0 Å². The Hall–Kier alpha value is -0.380. The van der Waals surface area contributed by atoms with Crippen molar-refractivity contribution >= 4 is 0 Å². The van der Waals surface area contributed by atoms with E-state index in [4.69, 9.17) is 4.74 Å². The lowest BCUT2D eigenvalue weighted by Crippen LogP contribution is -2.66. The van der Waals surface area contributed by atoms with Gasteiger partial charge in [0, 0.05) is 23.9 Å². The first-order chi connectivity index (χ1) is 10.6. The van der Waals surface area contributed by atoms with Gasteiger partial charge in [-0.15, -0.1) is 0 Å². The van der Waals surface area contributed by atoms with Crippen molar-refractivity contribution in [3.63, 3.8) is 0 Å². The summed E-state index contributed by atoms with van der Waals surface area (Å²) >= 11 is 0. The molecule has 3 rings (SSSR count). The van der Waals surface area contributed by atoms with Crippen molar-refractivity contribution in [3.8, 4) is 0 Å². The third kappa shape index (κ3) is 2.42. The number of hydrogen-bond donors (Lipinski definition) is 1. The van der Waals surface area contributed by atoms with E-state index < -0.39 is 5.60 Å². The highest BCUT2D eigenvalue weighted by Crippen LogP contribution is 2.53. The van der Waals surface area contributed by atoms with E-state index in [2.05, 4.69) is 53.0 Å². The van der Waals surface area contributed by atoms with Gasteiger partial charge >= 0.3 is 0 Å². The molecule has 0 spiro atoms.